The van der Waals surface area contributed by atoms with E-state index in [1.165, 1.54) is 6.92 Å². The number of amides is 2. The van der Waals surface area contributed by atoms with Gasteiger partial charge in [0.2, 0.25) is 0 Å². The van der Waals surface area contributed by atoms with Crippen molar-refractivity contribution in [1.29, 1.82) is 0 Å². The van der Waals surface area contributed by atoms with Gasteiger partial charge in [0.25, 0.3) is 0 Å². The van der Waals surface area contributed by atoms with Gasteiger partial charge < -0.3 is 20.4 Å². The number of nitrogens with zero attached hydrogens (tertiary/aromatic N) is 1. The summed E-state index contributed by atoms with van der Waals surface area (Å²) in [4.78, 5) is 24.5. The highest BCUT2D eigenvalue weighted by Crippen LogP contribution is 2.10. The second-order valence-corrected chi connectivity index (χ2v) is 5.53. The van der Waals surface area contributed by atoms with E-state index >= 15 is 0 Å². The van der Waals surface area contributed by atoms with Crippen molar-refractivity contribution >= 4 is 12.0 Å². The zero-order valence-corrected chi connectivity index (χ0v) is 13.0. The van der Waals surface area contributed by atoms with Crippen molar-refractivity contribution < 1.29 is 19.8 Å². The first-order chi connectivity index (χ1) is 9.23. The van der Waals surface area contributed by atoms with Crippen molar-refractivity contribution in [2.75, 3.05) is 13.1 Å². The molecule has 0 rings (SSSR count). The lowest BCUT2D eigenvalue weighted by molar-refractivity contribution is -0.141. The van der Waals surface area contributed by atoms with Gasteiger partial charge in [0.05, 0.1) is 12.0 Å². The first-order valence-electron chi connectivity index (χ1n) is 7.22. The molecule has 0 aliphatic rings. The van der Waals surface area contributed by atoms with Gasteiger partial charge in [-0.15, -0.1) is 0 Å². The van der Waals surface area contributed by atoms with Gasteiger partial charge in [0.1, 0.15) is 0 Å². The molecule has 0 saturated carbocycles. The average molecular weight is 288 g/mol. The minimum absolute atomic E-state index is 0.0722. The van der Waals surface area contributed by atoms with E-state index in [2.05, 4.69) is 12.2 Å². The molecule has 0 fully saturated rings. The quantitative estimate of drug-likeness (QED) is 0.603. The maximum Gasteiger partial charge on any atom is 0.317 e. The highest BCUT2D eigenvalue weighted by molar-refractivity contribution is 5.75. The monoisotopic (exact) mass is 288 g/mol. The highest BCUT2D eigenvalue weighted by atomic mass is 16.4. The summed E-state index contributed by atoms with van der Waals surface area (Å²) in [7, 11) is 0. The molecule has 0 bridgehead atoms. The molecule has 0 heterocycles. The van der Waals surface area contributed by atoms with E-state index in [1.54, 1.807) is 4.90 Å². The van der Waals surface area contributed by atoms with Crippen LogP contribution in [0.25, 0.3) is 0 Å². The van der Waals surface area contributed by atoms with Crippen LogP contribution < -0.4 is 5.32 Å². The van der Waals surface area contributed by atoms with Crippen LogP contribution in [-0.4, -0.2) is 51.8 Å². The van der Waals surface area contributed by atoms with Crippen molar-refractivity contribution in [2.45, 2.75) is 65.0 Å². The maximum absolute atomic E-state index is 12.1. The zero-order chi connectivity index (χ0) is 15.8. The number of urea groups is 1. The van der Waals surface area contributed by atoms with Crippen LogP contribution in [0.15, 0.2) is 0 Å². The number of unbranched alkanes of at least 4 members (excludes halogenated alkanes) is 1. The number of aliphatic carboxylic acids is 1. The Labute approximate surface area is 121 Å². The van der Waals surface area contributed by atoms with E-state index in [4.69, 9.17) is 5.11 Å². The summed E-state index contributed by atoms with van der Waals surface area (Å²) in [5, 5.41) is 21.2. The Balaban J connectivity index is 4.48. The minimum atomic E-state index is -1.44. The molecule has 2 unspecified atom stereocenters. The fraction of sp³-hybridized carbons (Fsp3) is 0.857. The fourth-order valence-electron chi connectivity index (χ4n) is 1.83. The topological polar surface area (TPSA) is 89.9 Å². The molecule has 20 heavy (non-hydrogen) atoms. The van der Waals surface area contributed by atoms with Crippen molar-refractivity contribution in [1.82, 2.24) is 10.2 Å². The molecule has 2 atom stereocenters. The van der Waals surface area contributed by atoms with Crippen LogP contribution in [0, 0.1) is 0 Å². The molecule has 3 N–H and O–H groups in total. The number of carboxylic acid groups (broad SMARTS) is 1. The second-order valence-electron chi connectivity index (χ2n) is 5.53. The molecule has 0 aromatic carbocycles. The van der Waals surface area contributed by atoms with E-state index in [9.17, 15) is 14.7 Å². The number of hydrogen-bond acceptors (Lipinski definition) is 3. The maximum atomic E-state index is 12.1. The van der Waals surface area contributed by atoms with Gasteiger partial charge in [-0.2, -0.15) is 0 Å². The summed E-state index contributed by atoms with van der Waals surface area (Å²) in [5.74, 6) is -1.09. The molecule has 6 nitrogen and oxygen atoms in total. The fourth-order valence-corrected chi connectivity index (χ4v) is 1.83. The third kappa shape index (κ3) is 7.33. The van der Waals surface area contributed by atoms with E-state index in [0.29, 0.717) is 6.54 Å². The first-order valence-corrected chi connectivity index (χ1v) is 7.22. The predicted molar refractivity (Wildman–Crippen MR) is 77.6 cm³/mol. The SMILES string of the molecule is CCCCN(C(=O)NCC(C)(O)CC(=O)O)C(C)CC. The summed E-state index contributed by atoms with van der Waals surface area (Å²) in [6, 6.07) is -0.135. The Morgan fingerprint density at radius 1 is 1.35 bits per heavy atom. The normalized spacial score (nSPS) is 15.2. The van der Waals surface area contributed by atoms with Gasteiger partial charge in [-0.3, -0.25) is 4.79 Å². The van der Waals surface area contributed by atoms with Crippen LogP contribution in [0.2, 0.25) is 0 Å². The van der Waals surface area contributed by atoms with Crippen LogP contribution in [-0.2, 0) is 4.79 Å². The number of hydrogen-bond donors (Lipinski definition) is 3. The molecular weight excluding hydrogens is 260 g/mol. The Kier molecular flexibility index (Phi) is 8.22. The highest BCUT2D eigenvalue weighted by Gasteiger charge is 2.26. The smallest absolute Gasteiger partial charge is 0.317 e. The third-order valence-corrected chi connectivity index (χ3v) is 3.29. The van der Waals surface area contributed by atoms with Crippen molar-refractivity contribution in [3.05, 3.63) is 0 Å². The summed E-state index contributed by atoms with van der Waals surface area (Å²) < 4.78 is 0. The Morgan fingerprint density at radius 2 is 1.95 bits per heavy atom. The Hall–Kier alpha value is -1.30. The van der Waals surface area contributed by atoms with Crippen molar-refractivity contribution in [3.8, 4) is 0 Å². The van der Waals surface area contributed by atoms with Gasteiger partial charge in [-0.25, -0.2) is 4.79 Å². The summed E-state index contributed by atoms with van der Waals surface area (Å²) in [5.41, 5.74) is -1.44. The lowest BCUT2D eigenvalue weighted by Gasteiger charge is -2.30. The van der Waals surface area contributed by atoms with Gasteiger partial charge in [-0.1, -0.05) is 20.3 Å². The van der Waals surface area contributed by atoms with Gasteiger partial charge >= 0.3 is 12.0 Å². The molecule has 0 saturated heterocycles. The van der Waals surface area contributed by atoms with Crippen LogP contribution in [0.3, 0.4) is 0 Å². The number of aliphatic hydroxyl groups is 1. The zero-order valence-electron chi connectivity index (χ0n) is 13.0. The minimum Gasteiger partial charge on any atom is -0.481 e. The number of carbonyl (C=O) groups is 2. The number of nitrogens with one attached hydrogen (secondary N) is 1. The average Bonchev–Trinajstić information content (AvgIpc) is 2.35. The molecule has 2 amide bonds. The van der Waals surface area contributed by atoms with Crippen LogP contribution in [0.1, 0.15) is 53.4 Å². The van der Waals surface area contributed by atoms with Crippen molar-refractivity contribution in [2.24, 2.45) is 0 Å². The molecule has 0 aromatic heterocycles. The van der Waals surface area contributed by atoms with E-state index < -0.39 is 18.0 Å². The summed E-state index contributed by atoms with van der Waals surface area (Å²) in [6.07, 6.45) is 2.37. The first kappa shape index (κ1) is 18.7. The van der Waals surface area contributed by atoms with Crippen molar-refractivity contribution in [3.63, 3.8) is 0 Å². The molecular formula is C14H28N2O4. The number of carbonyl (C=O) groups excluding carboxylic acids is 1. The Bertz CT molecular complexity index is 318. The molecule has 118 valence electrons. The van der Waals surface area contributed by atoms with Gasteiger partial charge in [-0.05, 0) is 26.7 Å². The molecule has 0 aliphatic heterocycles. The Morgan fingerprint density at radius 3 is 2.40 bits per heavy atom. The molecule has 0 aromatic rings. The van der Waals surface area contributed by atoms with Crippen LogP contribution in [0.4, 0.5) is 4.79 Å². The summed E-state index contributed by atoms with van der Waals surface area (Å²) in [6.45, 7) is 8.04. The lowest BCUT2D eigenvalue weighted by atomic mass is 10.0. The summed E-state index contributed by atoms with van der Waals surface area (Å²) >= 11 is 0. The lowest BCUT2D eigenvalue weighted by Crippen LogP contribution is -2.50. The van der Waals surface area contributed by atoms with E-state index in [1.807, 2.05) is 13.8 Å². The largest absolute Gasteiger partial charge is 0.481 e. The standard InChI is InChI=1S/C14H28N2O4/c1-5-7-8-16(11(3)6-2)13(19)15-10-14(4,20)9-12(17)18/h11,20H,5-10H2,1-4H3,(H,15,19)(H,17,18). The van der Waals surface area contributed by atoms with Gasteiger partial charge in [0.15, 0.2) is 0 Å². The van der Waals surface area contributed by atoms with Gasteiger partial charge in [0, 0.05) is 19.1 Å². The molecule has 0 spiro atoms. The number of carboxylic acids is 1. The molecule has 0 aliphatic carbocycles. The van der Waals surface area contributed by atoms with Crippen LogP contribution in [0.5, 0.6) is 0 Å². The van der Waals surface area contributed by atoms with E-state index in [0.717, 1.165) is 19.3 Å². The molecule has 0 radical (unpaired) electrons. The predicted octanol–water partition coefficient (Wildman–Crippen LogP) is 1.82. The third-order valence-electron chi connectivity index (χ3n) is 3.29. The second kappa shape index (κ2) is 8.79. The molecule has 6 heteroatoms. The number of rotatable bonds is 9. The van der Waals surface area contributed by atoms with E-state index in [-0.39, 0.29) is 18.6 Å². The van der Waals surface area contributed by atoms with Crippen LogP contribution >= 0.6 is 0 Å².